The van der Waals surface area contributed by atoms with E-state index in [1.807, 2.05) is 0 Å². The van der Waals surface area contributed by atoms with Crippen LogP contribution in [0.25, 0.3) is 0 Å². The van der Waals surface area contributed by atoms with Gasteiger partial charge in [0, 0.05) is 5.56 Å². The first-order valence-electron chi connectivity index (χ1n) is 7.26. The van der Waals surface area contributed by atoms with E-state index in [9.17, 15) is 0 Å². The zero-order chi connectivity index (χ0) is 14.5. The quantitative estimate of drug-likeness (QED) is 0.712. The van der Waals surface area contributed by atoms with Gasteiger partial charge in [0.25, 0.3) is 0 Å². The molecule has 0 radical (unpaired) electrons. The summed E-state index contributed by atoms with van der Waals surface area (Å²) < 4.78 is 6.35. The molecule has 104 valence electrons. The summed E-state index contributed by atoms with van der Waals surface area (Å²) in [5.74, 6) is 1.40. The lowest BCUT2D eigenvalue weighted by Crippen LogP contribution is -2.31. The van der Waals surface area contributed by atoms with Crippen molar-refractivity contribution in [2.24, 2.45) is 0 Å². The molecule has 0 aromatic heterocycles. The van der Waals surface area contributed by atoms with Gasteiger partial charge in [-0.05, 0) is 56.9 Å². The first-order valence-corrected chi connectivity index (χ1v) is 7.26. The van der Waals surface area contributed by atoms with Crippen molar-refractivity contribution in [2.45, 2.75) is 46.1 Å². The third-order valence-electron chi connectivity index (χ3n) is 4.52. The monoisotopic (exact) mass is 266 g/mol. The average Bonchev–Trinajstić information content (AvgIpc) is 2.69. The summed E-state index contributed by atoms with van der Waals surface area (Å²) in [6.45, 7) is 10.9. The number of rotatable bonds is 1. The van der Waals surface area contributed by atoms with Crippen LogP contribution in [0.4, 0.5) is 0 Å². The average molecular weight is 266 g/mol. The highest BCUT2D eigenvalue weighted by atomic mass is 16.5. The predicted octanol–water partition coefficient (Wildman–Crippen LogP) is 4.91. The molecule has 1 nitrogen and oxygen atoms in total. The Balaban J connectivity index is 2.26. The van der Waals surface area contributed by atoms with Crippen LogP contribution in [0.2, 0.25) is 0 Å². The van der Waals surface area contributed by atoms with E-state index in [0.29, 0.717) is 5.92 Å². The molecule has 2 aromatic rings. The van der Waals surface area contributed by atoms with E-state index in [1.54, 1.807) is 0 Å². The molecule has 1 heterocycles. The van der Waals surface area contributed by atoms with Crippen molar-refractivity contribution in [3.05, 3.63) is 64.2 Å². The molecule has 20 heavy (non-hydrogen) atoms. The highest BCUT2D eigenvalue weighted by Crippen LogP contribution is 2.51. The van der Waals surface area contributed by atoms with E-state index in [-0.39, 0.29) is 5.60 Å². The minimum Gasteiger partial charge on any atom is -0.486 e. The van der Waals surface area contributed by atoms with Crippen molar-refractivity contribution in [2.75, 3.05) is 0 Å². The first kappa shape index (κ1) is 13.2. The maximum absolute atomic E-state index is 6.35. The molecule has 1 aliphatic rings. The van der Waals surface area contributed by atoms with E-state index in [4.69, 9.17) is 4.74 Å². The Hall–Kier alpha value is -1.76. The Morgan fingerprint density at radius 2 is 1.60 bits per heavy atom. The smallest absolute Gasteiger partial charge is 0.127 e. The molecule has 0 aliphatic carbocycles. The van der Waals surface area contributed by atoms with Gasteiger partial charge in [-0.1, -0.05) is 36.4 Å². The van der Waals surface area contributed by atoms with Crippen LogP contribution < -0.4 is 4.74 Å². The fourth-order valence-electron chi connectivity index (χ4n) is 3.44. The Morgan fingerprint density at radius 3 is 2.25 bits per heavy atom. The lowest BCUT2D eigenvalue weighted by molar-refractivity contribution is 0.121. The molecule has 0 unspecified atom stereocenters. The van der Waals surface area contributed by atoms with Crippen LogP contribution in [0.1, 0.15) is 47.6 Å². The van der Waals surface area contributed by atoms with Crippen molar-refractivity contribution in [3.8, 4) is 5.75 Å². The van der Waals surface area contributed by atoms with Crippen molar-refractivity contribution in [1.29, 1.82) is 0 Å². The zero-order valence-corrected chi connectivity index (χ0v) is 12.9. The predicted molar refractivity (Wildman–Crippen MR) is 83.6 cm³/mol. The fourth-order valence-corrected chi connectivity index (χ4v) is 3.44. The summed E-state index contributed by atoms with van der Waals surface area (Å²) in [7, 11) is 0. The van der Waals surface area contributed by atoms with E-state index in [2.05, 4.69) is 71.0 Å². The Bertz CT molecular complexity index is 653. The molecule has 1 atom stereocenters. The van der Waals surface area contributed by atoms with Crippen molar-refractivity contribution in [1.82, 2.24) is 0 Å². The molecular weight excluding hydrogens is 244 g/mol. The standard InChI is InChI=1S/C19H22O/c1-12-11-13(2)16-17(15-9-7-6-8-10-15)19(4,5)20-18(16)14(12)3/h6-11,17H,1-5H3/t17-/m1/s1. The lowest BCUT2D eigenvalue weighted by Gasteiger charge is -2.27. The Morgan fingerprint density at radius 1 is 0.950 bits per heavy atom. The van der Waals surface area contributed by atoms with Crippen LogP contribution in [-0.4, -0.2) is 5.60 Å². The highest BCUT2D eigenvalue weighted by molar-refractivity contribution is 5.58. The van der Waals surface area contributed by atoms with Gasteiger partial charge < -0.3 is 4.74 Å². The minimum absolute atomic E-state index is 0.201. The zero-order valence-electron chi connectivity index (χ0n) is 12.9. The molecule has 0 spiro atoms. The van der Waals surface area contributed by atoms with E-state index in [0.717, 1.165) is 5.75 Å². The Labute approximate surface area is 121 Å². The fraction of sp³-hybridized carbons (Fsp3) is 0.368. The molecule has 0 saturated heterocycles. The van der Waals surface area contributed by atoms with Gasteiger partial charge in [-0.3, -0.25) is 0 Å². The third-order valence-corrected chi connectivity index (χ3v) is 4.52. The second-order valence-corrected chi connectivity index (χ2v) is 6.43. The van der Waals surface area contributed by atoms with Gasteiger partial charge in [-0.25, -0.2) is 0 Å². The SMILES string of the molecule is Cc1cc(C)c2c(c1C)OC(C)(C)[C@@H]2c1ccccc1. The van der Waals surface area contributed by atoms with E-state index < -0.39 is 0 Å². The number of aryl methyl sites for hydroxylation is 2. The van der Waals surface area contributed by atoms with Crippen LogP contribution in [0.5, 0.6) is 5.75 Å². The van der Waals surface area contributed by atoms with Gasteiger partial charge in [-0.2, -0.15) is 0 Å². The van der Waals surface area contributed by atoms with Gasteiger partial charge in [0.05, 0.1) is 5.92 Å². The largest absolute Gasteiger partial charge is 0.486 e. The molecule has 2 aromatic carbocycles. The molecule has 0 bridgehead atoms. The first-order chi connectivity index (χ1) is 9.42. The molecule has 1 heteroatoms. The molecule has 1 aliphatic heterocycles. The minimum atomic E-state index is -0.201. The maximum Gasteiger partial charge on any atom is 0.127 e. The molecule has 0 fully saturated rings. The van der Waals surface area contributed by atoms with Crippen molar-refractivity contribution in [3.63, 3.8) is 0 Å². The molecular formula is C19H22O. The number of ether oxygens (including phenoxy) is 1. The maximum atomic E-state index is 6.35. The summed E-state index contributed by atoms with van der Waals surface area (Å²) in [6.07, 6.45) is 0. The van der Waals surface area contributed by atoms with Gasteiger partial charge in [0.2, 0.25) is 0 Å². The topological polar surface area (TPSA) is 9.23 Å². The summed E-state index contributed by atoms with van der Waals surface area (Å²) in [4.78, 5) is 0. The van der Waals surface area contributed by atoms with Gasteiger partial charge in [0.15, 0.2) is 0 Å². The summed E-state index contributed by atoms with van der Waals surface area (Å²) in [5, 5.41) is 0. The van der Waals surface area contributed by atoms with Crippen LogP contribution >= 0.6 is 0 Å². The number of benzene rings is 2. The van der Waals surface area contributed by atoms with Crippen LogP contribution in [0.3, 0.4) is 0 Å². The van der Waals surface area contributed by atoms with Gasteiger partial charge in [0.1, 0.15) is 11.4 Å². The van der Waals surface area contributed by atoms with E-state index >= 15 is 0 Å². The molecule has 0 N–H and O–H groups in total. The molecule has 0 amide bonds. The van der Waals surface area contributed by atoms with Crippen molar-refractivity contribution < 1.29 is 4.74 Å². The second-order valence-electron chi connectivity index (χ2n) is 6.43. The van der Waals surface area contributed by atoms with Crippen LogP contribution in [-0.2, 0) is 0 Å². The lowest BCUT2D eigenvalue weighted by atomic mass is 9.79. The third kappa shape index (κ3) is 1.84. The van der Waals surface area contributed by atoms with Crippen molar-refractivity contribution >= 4 is 0 Å². The summed E-state index contributed by atoms with van der Waals surface area (Å²) >= 11 is 0. The summed E-state index contributed by atoms with van der Waals surface area (Å²) in [5.41, 5.74) is 6.42. The highest BCUT2D eigenvalue weighted by Gasteiger charge is 2.43. The van der Waals surface area contributed by atoms with Crippen LogP contribution in [0, 0.1) is 20.8 Å². The second kappa shape index (κ2) is 4.37. The Kier molecular flexibility index (Phi) is 2.89. The van der Waals surface area contributed by atoms with Crippen LogP contribution in [0.15, 0.2) is 36.4 Å². The number of fused-ring (bicyclic) bond motifs is 1. The van der Waals surface area contributed by atoms with E-state index in [1.165, 1.54) is 27.8 Å². The molecule has 0 saturated carbocycles. The summed E-state index contributed by atoms with van der Waals surface area (Å²) in [6, 6.07) is 13.0. The molecule has 3 rings (SSSR count). The van der Waals surface area contributed by atoms with Gasteiger partial charge >= 0.3 is 0 Å². The number of hydrogen-bond donors (Lipinski definition) is 0. The van der Waals surface area contributed by atoms with Gasteiger partial charge in [-0.15, -0.1) is 0 Å². The normalized spacial score (nSPS) is 19.6. The number of hydrogen-bond acceptors (Lipinski definition) is 1.